The number of hydrogen-bond donors (Lipinski definition) is 1. The molecule has 40 heavy (non-hydrogen) atoms. The summed E-state index contributed by atoms with van der Waals surface area (Å²) < 4.78 is 28.9. The van der Waals surface area contributed by atoms with Gasteiger partial charge >= 0.3 is 0 Å². The van der Waals surface area contributed by atoms with Gasteiger partial charge in [0.15, 0.2) is 0 Å². The summed E-state index contributed by atoms with van der Waals surface area (Å²) in [6, 6.07) is 19.8. The molecule has 0 fully saturated rings. The molecule has 3 aromatic rings. The molecule has 0 aromatic heterocycles. The van der Waals surface area contributed by atoms with Crippen molar-refractivity contribution < 1.29 is 18.0 Å². The minimum absolute atomic E-state index is 0.0535. The smallest absolute Gasteiger partial charge is 0.264 e. The SMILES string of the molecule is CC[C@H](C(=O)NCC(C)C)N(Cc1cccc(C)c1)C(=O)CN(c1cccc(Cl)c1)S(=O)(=O)c1ccc(C)cc1. The Morgan fingerprint density at radius 3 is 2.20 bits per heavy atom. The summed E-state index contributed by atoms with van der Waals surface area (Å²) in [6.07, 6.45) is 0.364. The highest BCUT2D eigenvalue weighted by molar-refractivity contribution is 7.92. The van der Waals surface area contributed by atoms with Crippen LogP contribution in [0.5, 0.6) is 0 Å². The molecule has 0 heterocycles. The number of benzene rings is 3. The van der Waals surface area contributed by atoms with Crippen molar-refractivity contribution in [1.29, 1.82) is 0 Å². The third kappa shape index (κ3) is 8.08. The van der Waals surface area contributed by atoms with Gasteiger partial charge in [-0.25, -0.2) is 8.42 Å². The van der Waals surface area contributed by atoms with E-state index in [1.165, 1.54) is 23.1 Å². The quantitative estimate of drug-likeness (QED) is 0.295. The summed E-state index contributed by atoms with van der Waals surface area (Å²) in [6.45, 7) is 9.78. The largest absolute Gasteiger partial charge is 0.354 e. The standard InChI is InChI=1S/C31H38ClN3O4S/c1-6-29(31(37)33-19-22(2)3)34(20-25-10-7-9-24(5)17-25)30(36)21-35(27-12-8-11-26(32)18-27)40(38,39)28-15-13-23(4)14-16-28/h7-18,22,29H,6,19-21H2,1-5H3,(H,33,37)/t29-/m1/s1. The van der Waals surface area contributed by atoms with E-state index in [0.29, 0.717) is 18.0 Å². The number of carbonyl (C=O) groups is 2. The number of carbonyl (C=O) groups excluding carboxylic acids is 2. The Labute approximate surface area is 243 Å². The van der Waals surface area contributed by atoms with Crippen LogP contribution in [0, 0.1) is 19.8 Å². The average Bonchev–Trinajstić information content (AvgIpc) is 2.90. The van der Waals surface area contributed by atoms with Crippen molar-refractivity contribution in [3.8, 4) is 0 Å². The molecule has 0 aliphatic heterocycles. The van der Waals surface area contributed by atoms with Crippen LogP contribution in [-0.4, -0.2) is 44.3 Å². The number of amides is 2. The first-order chi connectivity index (χ1) is 18.9. The minimum atomic E-state index is -4.14. The second-order valence-electron chi connectivity index (χ2n) is 10.4. The molecule has 2 amide bonds. The van der Waals surface area contributed by atoms with Crippen LogP contribution in [0.2, 0.25) is 5.02 Å². The molecular formula is C31H38ClN3O4S. The fraction of sp³-hybridized carbons (Fsp3) is 0.355. The Bertz CT molecular complexity index is 1420. The van der Waals surface area contributed by atoms with Gasteiger partial charge in [-0.15, -0.1) is 0 Å². The van der Waals surface area contributed by atoms with Gasteiger partial charge in [0, 0.05) is 18.1 Å². The fourth-order valence-corrected chi connectivity index (χ4v) is 5.94. The second kappa shape index (κ2) is 13.8. The third-order valence-electron chi connectivity index (χ3n) is 6.49. The molecule has 9 heteroatoms. The first-order valence-corrected chi connectivity index (χ1v) is 15.2. The molecule has 0 saturated carbocycles. The number of hydrogen-bond acceptors (Lipinski definition) is 4. The molecule has 0 bridgehead atoms. The van der Waals surface area contributed by atoms with E-state index in [0.717, 1.165) is 21.0 Å². The first kappa shape index (κ1) is 31.2. The molecule has 1 atom stereocenters. The topological polar surface area (TPSA) is 86.8 Å². The second-order valence-corrected chi connectivity index (χ2v) is 12.7. The zero-order valence-electron chi connectivity index (χ0n) is 23.7. The normalized spacial score (nSPS) is 12.2. The summed E-state index contributed by atoms with van der Waals surface area (Å²) >= 11 is 6.23. The Morgan fingerprint density at radius 2 is 1.60 bits per heavy atom. The highest BCUT2D eigenvalue weighted by Crippen LogP contribution is 2.27. The van der Waals surface area contributed by atoms with Crippen LogP contribution in [0.3, 0.4) is 0 Å². The van der Waals surface area contributed by atoms with Crippen molar-refractivity contribution in [2.45, 2.75) is 58.5 Å². The van der Waals surface area contributed by atoms with E-state index in [2.05, 4.69) is 5.32 Å². The summed E-state index contributed by atoms with van der Waals surface area (Å²) in [5.74, 6) is -0.531. The van der Waals surface area contributed by atoms with Crippen LogP contribution in [-0.2, 0) is 26.2 Å². The predicted octanol–water partition coefficient (Wildman–Crippen LogP) is 5.73. The summed E-state index contributed by atoms with van der Waals surface area (Å²) in [5.41, 5.74) is 3.03. The summed E-state index contributed by atoms with van der Waals surface area (Å²) in [7, 11) is -4.14. The summed E-state index contributed by atoms with van der Waals surface area (Å²) in [5, 5.41) is 3.28. The van der Waals surface area contributed by atoms with Crippen LogP contribution < -0.4 is 9.62 Å². The van der Waals surface area contributed by atoms with E-state index >= 15 is 0 Å². The van der Waals surface area contributed by atoms with E-state index in [9.17, 15) is 18.0 Å². The summed E-state index contributed by atoms with van der Waals surface area (Å²) in [4.78, 5) is 28.9. The van der Waals surface area contributed by atoms with Crippen LogP contribution in [0.25, 0.3) is 0 Å². The number of sulfonamides is 1. The third-order valence-corrected chi connectivity index (χ3v) is 8.51. The molecule has 0 aliphatic rings. The van der Waals surface area contributed by atoms with Crippen molar-refractivity contribution in [2.75, 3.05) is 17.4 Å². The number of aryl methyl sites for hydroxylation is 2. The molecule has 7 nitrogen and oxygen atoms in total. The number of nitrogens with one attached hydrogen (secondary N) is 1. The van der Waals surface area contributed by atoms with Crippen molar-refractivity contribution in [1.82, 2.24) is 10.2 Å². The number of rotatable bonds is 12. The molecule has 3 aromatic carbocycles. The van der Waals surface area contributed by atoms with Crippen molar-refractivity contribution in [2.24, 2.45) is 5.92 Å². The molecule has 0 saturated heterocycles. The van der Waals surface area contributed by atoms with Gasteiger partial charge in [0.25, 0.3) is 10.0 Å². The molecule has 0 aliphatic carbocycles. The van der Waals surface area contributed by atoms with E-state index in [1.54, 1.807) is 30.3 Å². The van der Waals surface area contributed by atoms with Gasteiger partial charge in [0.1, 0.15) is 12.6 Å². The number of nitrogens with zero attached hydrogens (tertiary/aromatic N) is 2. The molecular weight excluding hydrogens is 546 g/mol. The number of anilines is 1. The van der Waals surface area contributed by atoms with Crippen LogP contribution in [0.4, 0.5) is 5.69 Å². The van der Waals surface area contributed by atoms with Gasteiger partial charge in [-0.3, -0.25) is 13.9 Å². The molecule has 3 rings (SSSR count). The van der Waals surface area contributed by atoms with Gasteiger partial charge in [-0.05, 0) is 62.1 Å². The average molecular weight is 584 g/mol. The highest BCUT2D eigenvalue weighted by atomic mass is 35.5. The van der Waals surface area contributed by atoms with Gasteiger partial charge in [0.2, 0.25) is 11.8 Å². The Balaban J connectivity index is 2.05. The van der Waals surface area contributed by atoms with Crippen LogP contribution in [0.1, 0.15) is 43.9 Å². The van der Waals surface area contributed by atoms with Gasteiger partial charge in [-0.1, -0.05) is 86.0 Å². The lowest BCUT2D eigenvalue weighted by Gasteiger charge is -2.33. The van der Waals surface area contributed by atoms with Crippen LogP contribution >= 0.6 is 11.6 Å². The van der Waals surface area contributed by atoms with Crippen molar-refractivity contribution >= 4 is 39.1 Å². The zero-order chi connectivity index (χ0) is 29.4. The van der Waals surface area contributed by atoms with Crippen molar-refractivity contribution in [3.63, 3.8) is 0 Å². The van der Waals surface area contributed by atoms with Crippen molar-refractivity contribution in [3.05, 3.63) is 94.5 Å². The van der Waals surface area contributed by atoms with Gasteiger partial charge in [0.05, 0.1) is 10.6 Å². The minimum Gasteiger partial charge on any atom is -0.354 e. The first-order valence-electron chi connectivity index (χ1n) is 13.4. The maximum absolute atomic E-state index is 14.1. The molecule has 0 unspecified atom stereocenters. The number of halogens is 1. The Hall–Kier alpha value is -3.36. The fourth-order valence-electron chi connectivity index (χ4n) is 4.35. The molecule has 0 radical (unpaired) electrons. The van der Waals surface area contributed by atoms with E-state index < -0.39 is 28.5 Å². The van der Waals surface area contributed by atoms with Gasteiger partial charge in [-0.2, -0.15) is 0 Å². The van der Waals surface area contributed by atoms with E-state index in [-0.39, 0.29) is 29.0 Å². The maximum Gasteiger partial charge on any atom is 0.264 e. The molecule has 1 N–H and O–H groups in total. The van der Waals surface area contributed by atoms with E-state index in [4.69, 9.17) is 11.6 Å². The maximum atomic E-state index is 14.1. The molecule has 214 valence electrons. The zero-order valence-corrected chi connectivity index (χ0v) is 25.3. The molecule has 0 spiro atoms. The van der Waals surface area contributed by atoms with E-state index in [1.807, 2.05) is 58.9 Å². The highest BCUT2D eigenvalue weighted by Gasteiger charge is 2.33. The van der Waals surface area contributed by atoms with Crippen LogP contribution in [0.15, 0.2) is 77.7 Å². The lowest BCUT2D eigenvalue weighted by Crippen LogP contribution is -2.52. The lowest BCUT2D eigenvalue weighted by atomic mass is 10.1. The Kier molecular flexibility index (Phi) is 10.8. The Morgan fingerprint density at radius 1 is 0.925 bits per heavy atom. The van der Waals surface area contributed by atoms with Gasteiger partial charge < -0.3 is 10.2 Å². The monoisotopic (exact) mass is 583 g/mol. The predicted molar refractivity (Wildman–Crippen MR) is 161 cm³/mol. The lowest BCUT2D eigenvalue weighted by molar-refractivity contribution is -0.140.